The fourth-order valence-electron chi connectivity index (χ4n) is 2.99. The topological polar surface area (TPSA) is 89.5 Å². The molecule has 0 spiro atoms. The molecule has 0 radical (unpaired) electrons. The van der Waals surface area contributed by atoms with Crippen LogP contribution in [0.1, 0.15) is 49.2 Å². The van der Waals surface area contributed by atoms with Gasteiger partial charge >= 0.3 is 6.09 Å². The van der Waals surface area contributed by atoms with E-state index in [4.69, 9.17) is 9.47 Å². The number of hydrogen-bond acceptors (Lipinski definition) is 6. The molecule has 0 saturated carbocycles. The van der Waals surface area contributed by atoms with Crippen LogP contribution in [0.25, 0.3) is 0 Å². The van der Waals surface area contributed by atoms with Crippen LogP contribution in [-0.2, 0) is 4.74 Å². The number of aromatic nitrogens is 1. The normalized spacial score (nSPS) is 15.8. The summed E-state index contributed by atoms with van der Waals surface area (Å²) in [4.78, 5) is 29.9. The summed E-state index contributed by atoms with van der Waals surface area (Å²) in [5.74, 6) is 1.01. The molecule has 0 saturated heterocycles. The number of carbonyl (C=O) groups excluding carboxylic acids is 2. The summed E-state index contributed by atoms with van der Waals surface area (Å²) in [6, 6.07) is 6.88. The minimum absolute atomic E-state index is 0.202. The van der Waals surface area contributed by atoms with Gasteiger partial charge in [0, 0.05) is 28.7 Å². The van der Waals surface area contributed by atoms with E-state index in [0.29, 0.717) is 17.0 Å². The molecule has 0 bridgehead atoms. The average molecular weight is 416 g/mol. The third-order valence-corrected chi connectivity index (χ3v) is 5.35. The van der Waals surface area contributed by atoms with E-state index in [1.165, 1.54) is 7.11 Å². The number of hydrogen-bond donors (Lipinski definition) is 2. The molecule has 1 aliphatic rings. The van der Waals surface area contributed by atoms with Gasteiger partial charge in [-0.1, -0.05) is 0 Å². The number of pyridine rings is 1. The Morgan fingerprint density at radius 1 is 1.21 bits per heavy atom. The van der Waals surface area contributed by atoms with Crippen LogP contribution in [0.15, 0.2) is 41.6 Å². The van der Waals surface area contributed by atoms with E-state index in [2.05, 4.69) is 15.6 Å². The SMILES string of the molecule is COc1cc2c(cc1C(=O)Nc1ccncc1)SCC[C@@H]2NC(=O)OC(C)(C)C. The van der Waals surface area contributed by atoms with E-state index in [-0.39, 0.29) is 11.9 Å². The molecule has 7 nitrogen and oxygen atoms in total. The monoisotopic (exact) mass is 415 g/mol. The number of fused-ring (bicyclic) bond motifs is 1. The molecule has 8 heteroatoms. The summed E-state index contributed by atoms with van der Waals surface area (Å²) in [7, 11) is 1.53. The molecule has 1 atom stereocenters. The molecule has 154 valence electrons. The third-order valence-electron chi connectivity index (χ3n) is 4.25. The van der Waals surface area contributed by atoms with Crippen LogP contribution in [0.4, 0.5) is 10.5 Å². The van der Waals surface area contributed by atoms with Crippen molar-refractivity contribution in [3.63, 3.8) is 0 Å². The van der Waals surface area contributed by atoms with Crippen molar-refractivity contribution in [1.29, 1.82) is 0 Å². The highest BCUT2D eigenvalue weighted by Crippen LogP contribution is 2.40. The lowest BCUT2D eigenvalue weighted by molar-refractivity contribution is 0.0501. The van der Waals surface area contributed by atoms with Crippen molar-refractivity contribution in [2.75, 3.05) is 18.2 Å². The van der Waals surface area contributed by atoms with Gasteiger partial charge in [-0.05, 0) is 57.0 Å². The number of alkyl carbamates (subject to hydrolysis) is 1. The van der Waals surface area contributed by atoms with Crippen molar-refractivity contribution in [2.45, 2.75) is 43.7 Å². The highest BCUT2D eigenvalue weighted by atomic mass is 32.2. The van der Waals surface area contributed by atoms with Gasteiger partial charge < -0.3 is 20.1 Å². The molecule has 0 fully saturated rings. The first-order chi connectivity index (χ1) is 13.8. The quantitative estimate of drug-likeness (QED) is 0.769. The van der Waals surface area contributed by atoms with Crippen LogP contribution in [0.3, 0.4) is 0 Å². The first-order valence-electron chi connectivity index (χ1n) is 9.32. The number of rotatable bonds is 4. The van der Waals surface area contributed by atoms with Crippen molar-refractivity contribution in [1.82, 2.24) is 10.3 Å². The number of thioether (sulfide) groups is 1. The van der Waals surface area contributed by atoms with Crippen LogP contribution >= 0.6 is 11.8 Å². The Morgan fingerprint density at radius 3 is 2.59 bits per heavy atom. The van der Waals surface area contributed by atoms with Gasteiger partial charge in [0.25, 0.3) is 5.91 Å². The molecular weight excluding hydrogens is 390 g/mol. The molecule has 0 aliphatic carbocycles. The zero-order valence-electron chi connectivity index (χ0n) is 16.9. The first kappa shape index (κ1) is 21.0. The van der Waals surface area contributed by atoms with Crippen molar-refractivity contribution in [3.8, 4) is 5.75 Å². The smallest absolute Gasteiger partial charge is 0.408 e. The number of anilines is 1. The van der Waals surface area contributed by atoms with Crippen molar-refractivity contribution >= 4 is 29.4 Å². The van der Waals surface area contributed by atoms with Crippen molar-refractivity contribution in [2.24, 2.45) is 0 Å². The lowest BCUT2D eigenvalue weighted by atomic mass is 10.0. The van der Waals surface area contributed by atoms with Crippen LogP contribution in [-0.4, -0.2) is 35.4 Å². The summed E-state index contributed by atoms with van der Waals surface area (Å²) in [5, 5.41) is 5.78. The largest absolute Gasteiger partial charge is 0.496 e. The Kier molecular flexibility index (Phi) is 6.32. The van der Waals surface area contributed by atoms with Crippen LogP contribution < -0.4 is 15.4 Å². The standard InChI is InChI=1S/C21H25N3O4S/c1-21(2,3)28-20(26)24-16-7-10-29-18-12-15(17(27-4)11-14(16)18)19(25)23-13-5-8-22-9-6-13/h5-6,8-9,11-12,16H,7,10H2,1-4H3,(H,24,26)(H,22,23,25)/t16-/m0/s1. The minimum Gasteiger partial charge on any atom is -0.496 e. The Labute approximate surface area is 174 Å². The summed E-state index contributed by atoms with van der Waals surface area (Å²) >= 11 is 1.65. The third kappa shape index (κ3) is 5.41. The molecule has 1 aromatic carbocycles. The second kappa shape index (κ2) is 8.73. The number of methoxy groups -OCH3 is 1. The average Bonchev–Trinajstić information content (AvgIpc) is 2.66. The van der Waals surface area contributed by atoms with Gasteiger partial charge in [0.2, 0.25) is 0 Å². The van der Waals surface area contributed by atoms with Gasteiger partial charge in [-0.3, -0.25) is 9.78 Å². The van der Waals surface area contributed by atoms with Gasteiger partial charge in [0.1, 0.15) is 11.4 Å². The molecule has 2 heterocycles. The second-order valence-corrected chi connectivity index (χ2v) is 8.75. The molecule has 2 N–H and O–H groups in total. The Balaban J connectivity index is 1.84. The number of carbonyl (C=O) groups is 2. The minimum atomic E-state index is -0.567. The number of ether oxygens (including phenoxy) is 2. The van der Waals surface area contributed by atoms with Crippen molar-refractivity contribution < 1.29 is 19.1 Å². The number of amides is 2. The van der Waals surface area contributed by atoms with Crippen LogP contribution in [0.2, 0.25) is 0 Å². The Hall–Kier alpha value is -2.74. The fourth-order valence-corrected chi connectivity index (χ4v) is 4.14. The van der Waals surface area contributed by atoms with E-state index in [1.807, 2.05) is 32.9 Å². The van der Waals surface area contributed by atoms with E-state index >= 15 is 0 Å². The molecule has 2 aromatic rings. The number of nitrogens with zero attached hydrogens (tertiary/aromatic N) is 1. The lowest BCUT2D eigenvalue weighted by Crippen LogP contribution is -2.36. The van der Waals surface area contributed by atoms with E-state index in [0.717, 1.165) is 22.6 Å². The van der Waals surface area contributed by atoms with Crippen LogP contribution in [0.5, 0.6) is 5.75 Å². The summed E-state index contributed by atoms with van der Waals surface area (Å²) in [6.45, 7) is 5.48. The zero-order valence-corrected chi connectivity index (χ0v) is 17.8. The van der Waals surface area contributed by atoms with E-state index in [9.17, 15) is 9.59 Å². The molecule has 2 amide bonds. The van der Waals surface area contributed by atoms with Gasteiger partial charge in [-0.25, -0.2) is 4.79 Å². The second-order valence-electron chi connectivity index (χ2n) is 7.62. The number of benzene rings is 1. The molecule has 1 aromatic heterocycles. The van der Waals surface area contributed by atoms with E-state index in [1.54, 1.807) is 36.3 Å². The van der Waals surface area contributed by atoms with E-state index < -0.39 is 11.7 Å². The predicted octanol–water partition coefficient (Wildman–Crippen LogP) is 4.40. The Bertz CT molecular complexity index is 897. The molecule has 29 heavy (non-hydrogen) atoms. The molecular formula is C21H25N3O4S. The maximum absolute atomic E-state index is 12.8. The highest BCUT2D eigenvalue weighted by molar-refractivity contribution is 7.99. The van der Waals surface area contributed by atoms with Gasteiger partial charge in [-0.15, -0.1) is 11.8 Å². The van der Waals surface area contributed by atoms with Crippen molar-refractivity contribution in [3.05, 3.63) is 47.8 Å². The van der Waals surface area contributed by atoms with Gasteiger partial charge in [0.05, 0.1) is 18.7 Å². The molecule has 3 rings (SSSR count). The summed E-state index contributed by atoms with van der Waals surface area (Å²) < 4.78 is 10.9. The zero-order chi connectivity index (χ0) is 21.0. The predicted molar refractivity (Wildman–Crippen MR) is 113 cm³/mol. The number of nitrogens with one attached hydrogen (secondary N) is 2. The lowest BCUT2D eigenvalue weighted by Gasteiger charge is -2.28. The maximum atomic E-state index is 12.8. The summed E-state index contributed by atoms with van der Waals surface area (Å²) in [6.07, 6.45) is 3.53. The fraction of sp³-hybridized carbons (Fsp3) is 0.381. The summed E-state index contributed by atoms with van der Waals surface area (Å²) in [5.41, 5.74) is 1.45. The maximum Gasteiger partial charge on any atom is 0.408 e. The van der Waals surface area contributed by atoms with Crippen LogP contribution in [0, 0.1) is 0 Å². The highest BCUT2D eigenvalue weighted by Gasteiger charge is 2.27. The first-order valence-corrected chi connectivity index (χ1v) is 10.3. The Morgan fingerprint density at radius 2 is 1.93 bits per heavy atom. The van der Waals surface area contributed by atoms with Gasteiger partial charge in [-0.2, -0.15) is 0 Å². The molecule has 0 unspecified atom stereocenters. The molecule has 1 aliphatic heterocycles. The van der Waals surface area contributed by atoms with Gasteiger partial charge in [0.15, 0.2) is 0 Å².